The van der Waals surface area contributed by atoms with Gasteiger partial charge in [0.05, 0.1) is 6.42 Å². The number of hydrogen-bond donors (Lipinski definition) is 2. The lowest BCUT2D eigenvalue weighted by atomic mass is 10.0. The summed E-state index contributed by atoms with van der Waals surface area (Å²) in [6, 6.07) is -0.240. The normalized spacial score (nSPS) is 17.7. The zero-order chi connectivity index (χ0) is 11.3. The molecular weight excluding hydrogens is 194 g/mol. The predicted octanol–water partition coefficient (Wildman–Crippen LogP) is 1.32. The highest BCUT2D eigenvalue weighted by Crippen LogP contribution is 2.18. The van der Waals surface area contributed by atoms with Gasteiger partial charge in [-0.1, -0.05) is 19.1 Å². The highest BCUT2D eigenvalue weighted by molar-refractivity contribution is 5.80. The van der Waals surface area contributed by atoms with Gasteiger partial charge in [0.2, 0.25) is 5.91 Å². The van der Waals surface area contributed by atoms with Gasteiger partial charge in [-0.25, -0.2) is 0 Å². The molecular formula is C11H17NO3. The Morgan fingerprint density at radius 1 is 1.47 bits per heavy atom. The van der Waals surface area contributed by atoms with Gasteiger partial charge in [0.15, 0.2) is 0 Å². The quantitative estimate of drug-likeness (QED) is 0.674. The van der Waals surface area contributed by atoms with Crippen LogP contribution in [0.2, 0.25) is 0 Å². The zero-order valence-electron chi connectivity index (χ0n) is 8.90. The van der Waals surface area contributed by atoms with E-state index in [2.05, 4.69) is 5.32 Å². The second kappa shape index (κ2) is 5.53. The van der Waals surface area contributed by atoms with Crippen LogP contribution in [0, 0.1) is 5.92 Å². The van der Waals surface area contributed by atoms with Crippen LogP contribution in [0.15, 0.2) is 12.2 Å². The van der Waals surface area contributed by atoms with Crippen molar-refractivity contribution in [3.8, 4) is 0 Å². The highest BCUT2D eigenvalue weighted by atomic mass is 16.4. The first-order chi connectivity index (χ1) is 7.13. The second-order valence-electron chi connectivity index (χ2n) is 3.85. The van der Waals surface area contributed by atoms with Gasteiger partial charge < -0.3 is 10.4 Å². The Morgan fingerprint density at radius 3 is 2.53 bits per heavy atom. The lowest BCUT2D eigenvalue weighted by molar-refractivity contribution is -0.137. The molecule has 1 aliphatic carbocycles. The van der Waals surface area contributed by atoms with E-state index < -0.39 is 5.97 Å². The molecule has 15 heavy (non-hydrogen) atoms. The molecule has 1 unspecified atom stereocenters. The standard InChI is InChI=1S/C11H17NO3/c1-2-9(7-10(13)14)12-11(15)8-5-3-4-6-8/h3-4,8-9H,2,5-7H2,1H3,(H,12,15)(H,13,14). The number of carboxylic acids is 1. The van der Waals surface area contributed by atoms with Gasteiger partial charge in [0.1, 0.15) is 0 Å². The van der Waals surface area contributed by atoms with Crippen LogP contribution in [0.3, 0.4) is 0 Å². The first-order valence-corrected chi connectivity index (χ1v) is 5.30. The Kier molecular flexibility index (Phi) is 4.34. The molecule has 0 spiro atoms. The number of amides is 1. The van der Waals surface area contributed by atoms with E-state index in [1.54, 1.807) is 0 Å². The fourth-order valence-corrected chi connectivity index (χ4v) is 1.66. The molecule has 1 atom stereocenters. The molecule has 0 radical (unpaired) electrons. The first-order valence-electron chi connectivity index (χ1n) is 5.30. The van der Waals surface area contributed by atoms with Crippen LogP contribution in [0.25, 0.3) is 0 Å². The van der Waals surface area contributed by atoms with Gasteiger partial charge in [-0.2, -0.15) is 0 Å². The van der Waals surface area contributed by atoms with Gasteiger partial charge in [-0.3, -0.25) is 9.59 Å². The summed E-state index contributed by atoms with van der Waals surface area (Å²) in [6.45, 7) is 1.88. The third-order valence-electron chi connectivity index (χ3n) is 2.64. The number of rotatable bonds is 5. The summed E-state index contributed by atoms with van der Waals surface area (Å²) in [6.07, 6.45) is 6.18. The Labute approximate surface area is 89.4 Å². The van der Waals surface area contributed by atoms with Gasteiger partial charge >= 0.3 is 5.97 Å². The van der Waals surface area contributed by atoms with E-state index in [0.717, 1.165) is 12.8 Å². The van der Waals surface area contributed by atoms with Crippen LogP contribution >= 0.6 is 0 Å². The number of aliphatic carboxylic acids is 1. The molecule has 2 N–H and O–H groups in total. The van der Waals surface area contributed by atoms with Crippen molar-refractivity contribution in [3.05, 3.63) is 12.2 Å². The van der Waals surface area contributed by atoms with Crippen molar-refractivity contribution < 1.29 is 14.7 Å². The van der Waals surface area contributed by atoms with Crippen LogP contribution in [-0.4, -0.2) is 23.0 Å². The molecule has 0 aromatic carbocycles. The van der Waals surface area contributed by atoms with E-state index in [0.29, 0.717) is 6.42 Å². The lowest BCUT2D eigenvalue weighted by Crippen LogP contribution is -2.39. The van der Waals surface area contributed by atoms with E-state index in [1.807, 2.05) is 19.1 Å². The van der Waals surface area contributed by atoms with Gasteiger partial charge in [0, 0.05) is 12.0 Å². The minimum absolute atomic E-state index is 0.00237. The molecule has 84 valence electrons. The number of hydrogen-bond acceptors (Lipinski definition) is 2. The average molecular weight is 211 g/mol. The molecule has 4 heteroatoms. The van der Waals surface area contributed by atoms with E-state index in [1.165, 1.54) is 0 Å². The van der Waals surface area contributed by atoms with E-state index in [9.17, 15) is 9.59 Å². The summed E-state index contributed by atoms with van der Waals surface area (Å²) < 4.78 is 0. The topological polar surface area (TPSA) is 66.4 Å². The monoisotopic (exact) mass is 211 g/mol. The molecule has 1 rings (SSSR count). The Hall–Kier alpha value is -1.32. The van der Waals surface area contributed by atoms with Gasteiger partial charge in [-0.15, -0.1) is 0 Å². The molecule has 0 heterocycles. The van der Waals surface area contributed by atoms with Crippen LogP contribution in [0.5, 0.6) is 0 Å². The summed E-state index contributed by atoms with van der Waals surface area (Å²) in [5, 5.41) is 11.4. The maximum Gasteiger partial charge on any atom is 0.305 e. The Morgan fingerprint density at radius 2 is 2.07 bits per heavy atom. The fraction of sp³-hybridized carbons (Fsp3) is 0.636. The minimum Gasteiger partial charge on any atom is -0.481 e. The molecule has 0 fully saturated rings. The summed E-state index contributed by atoms with van der Waals surface area (Å²) in [4.78, 5) is 22.2. The third-order valence-corrected chi connectivity index (χ3v) is 2.64. The van der Waals surface area contributed by atoms with Crippen molar-refractivity contribution in [2.45, 2.75) is 38.6 Å². The molecule has 0 aromatic rings. The van der Waals surface area contributed by atoms with Crippen molar-refractivity contribution in [2.24, 2.45) is 5.92 Å². The summed E-state index contributed by atoms with van der Waals surface area (Å²) in [7, 11) is 0. The fourth-order valence-electron chi connectivity index (χ4n) is 1.66. The largest absolute Gasteiger partial charge is 0.481 e. The maximum atomic E-state index is 11.7. The number of nitrogens with one attached hydrogen (secondary N) is 1. The summed E-state index contributed by atoms with van der Waals surface area (Å²) >= 11 is 0. The maximum absolute atomic E-state index is 11.7. The van der Waals surface area contributed by atoms with Crippen LogP contribution in [0.4, 0.5) is 0 Å². The number of carboxylic acid groups (broad SMARTS) is 1. The molecule has 0 aromatic heterocycles. The van der Waals surface area contributed by atoms with Crippen molar-refractivity contribution in [2.75, 3.05) is 0 Å². The third kappa shape index (κ3) is 3.73. The summed E-state index contributed by atoms with van der Waals surface area (Å²) in [5.41, 5.74) is 0. The number of carbonyl (C=O) groups excluding carboxylic acids is 1. The summed E-state index contributed by atoms with van der Waals surface area (Å²) in [5.74, 6) is -0.882. The first kappa shape index (κ1) is 11.8. The Bertz CT molecular complexity index is 265. The molecule has 4 nitrogen and oxygen atoms in total. The van der Waals surface area contributed by atoms with Crippen LogP contribution < -0.4 is 5.32 Å². The van der Waals surface area contributed by atoms with Crippen molar-refractivity contribution in [3.63, 3.8) is 0 Å². The average Bonchev–Trinajstić information content (AvgIpc) is 2.68. The van der Waals surface area contributed by atoms with Gasteiger partial charge in [-0.05, 0) is 19.3 Å². The SMILES string of the molecule is CCC(CC(=O)O)NC(=O)C1CC=CC1. The molecule has 0 saturated carbocycles. The molecule has 1 aliphatic rings. The number of carbonyl (C=O) groups is 2. The smallest absolute Gasteiger partial charge is 0.305 e. The van der Waals surface area contributed by atoms with E-state index in [-0.39, 0.29) is 24.3 Å². The molecule has 1 amide bonds. The van der Waals surface area contributed by atoms with E-state index in [4.69, 9.17) is 5.11 Å². The molecule has 0 saturated heterocycles. The molecule has 0 aliphatic heterocycles. The zero-order valence-corrected chi connectivity index (χ0v) is 8.90. The number of allylic oxidation sites excluding steroid dienone is 2. The van der Waals surface area contributed by atoms with E-state index >= 15 is 0 Å². The minimum atomic E-state index is -0.869. The highest BCUT2D eigenvalue weighted by Gasteiger charge is 2.22. The lowest BCUT2D eigenvalue weighted by Gasteiger charge is -2.17. The second-order valence-corrected chi connectivity index (χ2v) is 3.85. The van der Waals surface area contributed by atoms with Gasteiger partial charge in [0.25, 0.3) is 0 Å². The van der Waals surface area contributed by atoms with Crippen molar-refractivity contribution in [1.29, 1.82) is 0 Å². The van der Waals surface area contributed by atoms with Crippen molar-refractivity contribution >= 4 is 11.9 Å². The van der Waals surface area contributed by atoms with Crippen LogP contribution in [0.1, 0.15) is 32.6 Å². The molecule has 0 bridgehead atoms. The Balaban J connectivity index is 2.37. The van der Waals surface area contributed by atoms with Crippen LogP contribution in [-0.2, 0) is 9.59 Å². The van der Waals surface area contributed by atoms with Crippen molar-refractivity contribution in [1.82, 2.24) is 5.32 Å². The predicted molar refractivity (Wildman–Crippen MR) is 56.3 cm³/mol.